The van der Waals surface area contributed by atoms with Gasteiger partial charge in [-0.15, -0.1) is 0 Å². The maximum Gasteiger partial charge on any atom is 0.275 e. The smallest absolute Gasteiger partial charge is 0.275 e. The number of halogens is 1. The second-order valence-corrected chi connectivity index (χ2v) is 7.37. The van der Waals surface area contributed by atoms with Gasteiger partial charge in [0.25, 0.3) is 5.91 Å². The van der Waals surface area contributed by atoms with Crippen LogP contribution in [0.15, 0.2) is 35.1 Å². The summed E-state index contributed by atoms with van der Waals surface area (Å²) in [6.07, 6.45) is 7.32. The van der Waals surface area contributed by atoms with Gasteiger partial charge in [0.15, 0.2) is 5.69 Å². The van der Waals surface area contributed by atoms with Crippen LogP contribution in [0.1, 0.15) is 54.7 Å². The van der Waals surface area contributed by atoms with Crippen LogP contribution in [-0.2, 0) is 0 Å². The van der Waals surface area contributed by atoms with Crippen molar-refractivity contribution in [1.29, 1.82) is 0 Å². The first-order valence-electron chi connectivity index (χ1n) is 9.20. The van der Waals surface area contributed by atoms with Crippen molar-refractivity contribution >= 4 is 17.5 Å². The third-order valence-electron chi connectivity index (χ3n) is 4.96. The summed E-state index contributed by atoms with van der Waals surface area (Å²) >= 11 is 5.92. The van der Waals surface area contributed by atoms with E-state index in [2.05, 4.69) is 10.4 Å². The number of carbonyl (C=O) groups is 1. The Morgan fingerprint density at radius 3 is 2.62 bits per heavy atom. The summed E-state index contributed by atoms with van der Waals surface area (Å²) < 4.78 is 1.59. The predicted octanol–water partition coefficient (Wildman–Crippen LogP) is 3.89. The molecule has 6 heteroatoms. The SMILES string of the molecule is Cc1cc(=O)c(C(=O)NCCC2CCCCC2)nn1-c1ccc(Cl)cc1. The Kier molecular flexibility index (Phi) is 6.09. The molecule has 1 saturated carbocycles. The molecule has 5 nitrogen and oxygen atoms in total. The van der Waals surface area contributed by atoms with E-state index >= 15 is 0 Å². The number of hydrogen-bond donors (Lipinski definition) is 1. The van der Waals surface area contributed by atoms with E-state index in [9.17, 15) is 9.59 Å². The second kappa shape index (κ2) is 8.49. The first kappa shape index (κ1) is 18.6. The van der Waals surface area contributed by atoms with Gasteiger partial charge in [0.2, 0.25) is 5.43 Å². The van der Waals surface area contributed by atoms with E-state index in [1.165, 1.54) is 38.2 Å². The molecule has 0 aliphatic heterocycles. The van der Waals surface area contributed by atoms with E-state index < -0.39 is 5.91 Å². The lowest BCUT2D eigenvalue weighted by Gasteiger charge is -2.21. The Morgan fingerprint density at radius 2 is 1.92 bits per heavy atom. The van der Waals surface area contributed by atoms with E-state index in [1.807, 2.05) is 0 Å². The van der Waals surface area contributed by atoms with Gasteiger partial charge in [-0.3, -0.25) is 9.59 Å². The normalized spacial score (nSPS) is 15.0. The van der Waals surface area contributed by atoms with Crippen LogP contribution in [0.2, 0.25) is 5.02 Å². The number of carbonyl (C=O) groups excluding carboxylic acids is 1. The molecule has 1 aliphatic rings. The van der Waals surface area contributed by atoms with Crippen LogP contribution < -0.4 is 10.7 Å². The maximum atomic E-state index is 12.4. The fraction of sp³-hybridized carbons (Fsp3) is 0.450. The van der Waals surface area contributed by atoms with Crippen molar-refractivity contribution in [3.63, 3.8) is 0 Å². The first-order chi connectivity index (χ1) is 12.5. The van der Waals surface area contributed by atoms with Gasteiger partial charge in [0.1, 0.15) is 0 Å². The number of rotatable bonds is 5. The van der Waals surface area contributed by atoms with Crippen LogP contribution in [0, 0.1) is 12.8 Å². The number of nitrogens with zero attached hydrogens (tertiary/aromatic N) is 2. The molecule has 1 fully saturated rings. The number of aryl methyl sites for hydroxylation is 1. The van der Waals surface area contributed by atoms with E-state index in [0.717, 1.165) is 12.1 Å². The minimum Gasteiger partial charge on any atom is -0.351 e. The summed E-state index contributed by atoms with van der Waals surface area (Å²) in [6.45, 7) is 2.37. The molecule has 1 amide bonds. The lowest BCUT2D eigenvalue weighted by molar-refractivity contribution is 0.0942. The topological polar surface area (TPSA) is 64.0 Å². The molecule has 3 rings (SSSR count). The molecule has 0 bridgehead atoms. The van der Waals surface area contributed by atoms with Crippen molar-refractivity contribution < 1.29 is 4.79 Å². The van der Waals surface area contributed by atoms with Crippen LogP contribution in [0.5, 0.6) is 0 Å². The van der Waals surface area contributed by atoms with Crippen LogP contribution >= 0.6 is 11.6 Å². The number of hydrogen-bond acceptors (Lipinski definition) is 3. The fourth-order valence-corrected chi connectivity index (χ4v) is 3.62. The van der Waals surface area contributed by atoms with E-state index in [4.69, 9.17) is 11.6 Å². The Balaban J connectivity index is 1.72. The van der Waals surface area contributed by atoms with E-state index in [0.29, 0.717) is 23.2 Å². The molecule has 26 heavy (non-hydrogen) atoms. The van der Waals surface area contributed by atoms with Crippen molar-refractivity contribution in [2.75, 3.05) is 6.54 Å². The first-order valence-corrected chi connectivity index (χ1v) is 9.57. The minimum absolute atomic E-state index is 0.0748. The third-order valence-corrected chi connectivity index (χ3v) is 5.21. The van der Waals surface area contributed by atoms with Gasteiger partial charge in [-0.1, -0.05) is 43.7 Å². The van der Waals surface area contributed by atoms with Gasteiger partial charge >= 0.3 is 0 Å². The fourth-order valence-electron chi connectivity index (χ4n) is 3.50. The highest BCUT2D eigenvalue weighted by Gasteiger charge is 2.17. The number of aromatic nitrogens is 2. The van der Waals surface area contributed by atoms with Crippen LogP contribution in [0.3, 0.4) is 0 Å². The Morgan fingerprint density at radius 1 is 1.23 bits per heavy atom. The highest BCUT2D eigenvalue weighted by atomic mass is 35.5. The van der Waals surface area contributed by atoms with Gasteiger partial charge in [-0.25, -0.2) is 4.68 Å². The molecular formula is C20H24ClN3O2. The van der Waals surface area contributed by atoms with Crippen LogP contribution in [0.4, 0.5) is 0 Å². The van der Waals surface area contributed by atoms with Gasteiger partial charge < -0.3 is 5.32 Å². The molecule has 0 atom stereocenters. The van der Waals surface area contributed by atoms with Crippen molar-refractivity contribution in [1.82, 2.24) is 15.1 Å². The molecule has 0 unspecified atom stereocenters. The van der Waals surface area contributed by atoms with Crippen molar-refractivity contribution in [3.05, 3.63) is 57.0 Å². The monoisotopic (exact) mass is 373 g/mol. The van der Waals surface area contributed by atoms with Gasteiger partial charge in [-0.2, -0.15) is 5.10 Å². The Labute approximate surface area is 158 Å². The molecule has 0 radical (unpaired) electrons. The highest BCUT2D eigenvalue weighted by Crippen LogP contribution is 2.25. The molecule has 1 aromatic carbocycles. The van der Waals surface area contributed by atoms with Gasteiger partial charge in [-0.05, 0) is 43.5 Å². The molecular weight excluding hydrogens is 350 g/mol. The lowest BCUT2D eigenvalue weighted by Crippen LogP contribution is -2.33. The maximum absolute atomic E-state index is 12.4. The predicted molar refractivity (Wildman–Crippen MR) is 103 cm³/mol. The second-order valence-electron chi connectivity index (χ2n) is 6.94. The average molecular weight is 374 g/mol. The number of nitrogens with one attached hydrogen (secondary N) is 1. The summed E-state index contributed by atoms with van der Waals surface area (Å²) in [6, 6.07) is 8.55. The molecule has 1 heterocycles. The third kappa shape index (κ3) is 4.52. The summed E-state index contributed by atoms with van der Waals surface area (Å²) in [5.41, 5.74) is 0.983. The van der Waals surface area contributed by atoms with Gasteiger partial charge in [0, 0.05) is 23.3 Å². The van der Waals surface area contributed by atoms with Crippen LogP contribution in [-0.4, -0.2) is 22.2 Å². The largest absolute Gasteiger partial charge is 0.351 e. The van der Waals surface area contributed by atoms with Crippen molar-refractivity contribution in [3.8, 4) is 5.69 Å². The molecule has 2 aromatic rings. The Bertz CT molecular complexity index is 824. The quantitative estimate of drug-likeness (QED) is 0.864. The van der Waals surface area contributed by atoms with Crippen molar-refractivity contribution in [2.24, 2.45) is 5.92 Å². The number of amides is 1. The molecule has 1 N–H and O–H groups in total. The standard InChI is InChI=1S/C20H24ClN3O2/c1-14-13-18(25)19(23-24(14)17-9-7-16(21)8-10-17)20(26)22-12-11-15-5-3-2-4-6-15/h7-10,13,15H,2-6,11-12H2,1H3,(H,22,26). The van der Waals surface area contributed by atoms with Crippen molar-refractivity contribution in [2.45, 2.75) is 45.4 Å². The summed E-state index contributed by atoms with van der Waals surface area (Å²) in [5.74, 6) is 0.272. The van der Waals surface area contributed by atoms with E-state index in [-0.39, 0.29) is 11.1 Å². The average Bonchev–Trinajstić information content (AvgIpc) is 2.63. The highest BCUT2D eigenvalue weighted by molar-refractivity contribution is 6.30. The molecule has 1 aliphatic carbocycles. The van der Waals surface area contributed by atoms with Gasteiger partial charge in [0.05, 0.1) is 5.69 Å². The molecule has 0 spiro atoms. The zero-order valence-corrected chi connectivity index (χ0v) is 15.8. The molecule has 0 saturated heterocycles. The summed E-state index contributed by atoms with van der Waals surface area (Å²) in [4.78, 5) is 24.7. The molecule has 1 aromatic heterocycles. The Hall–Kier alpha value is -2.14. The summed E-state index contributed by atoms with van der Waals surface area (Å²) in [7, 11) is 0. The minimum atomic E-state index is -0.409. The molecule has 138 valence electrons. The van der Waals surface area contributed by atoms with Crippen LogP contribution in [0.25, 0.3) is 5.69 Å². The zero-order chi connectivity index (χ0) is 18.5. The lowest BCUT2D eigenvalue weighted by atomic mass is 9.87. The summed E-state index contributed by atoms with van der Waals surface area (Å²) in [5, 5.41) is 7.76. The van der Waals surface area contributed by atoms with E-state index in [1.54, 1.807) is 35.9 Å². The zero-order valence-electron chi connectivity index (χ0n) is 15.0. The number of benzene rings is 1.